The Bertz CT molecular complexity index is 119. The van der Waals surface area contributed by atoms with E-state index in [0.717, 1.165) is 6.42 Å². The maximum atomic E-state index is 11.9. The van der Waals surface area contributed by atoms with Crippen molar-refractivity contribution >= 4 is 15.9 Å². The Balaban J connectivity index is 2.43. The van der Waals surface area contributed by atoms with Crippen molar-refractivity contribution < 1.29 is 13.2 Å². The van der Waals surface area contributed by atoms with Crippen LogP contribution >= 0.6 is 15.9 Å². The SMILES string of the molecule is FC(F)(F)C1CCC1CBr. The van der Waals surface area contributed by atoms with E-state index >= 15 is 0 Å². The van der Waals surface area contributed by atoms with Crippen LogP contribution in [0.4, 0.5) is 13.2 Å². The van der Waals surface area contributed by atoms with Crippen molar-refractivity contribution in [2.24, 2.45) is 11.8 Å². The largest absolute Gasteiger partial charge is 0.392 e. The van der Waals surface area contributed by atoms with Crippen LogP contribution in [0.1, 0.15) is 12.8 Å². The van der Waals surface area contributed by atoms with E-state index in [4.69, 9.17) is 0 Å². The molecule has 10 heavy (non-hydrogen) atoms. The molecule has 1 aliphatic carbocycles. The molecule has 60 valence electrons. The van der Waals surface area contributed by atoms with Crippen LogP contribution < -0.4 is 0 Å². The van der Waals surface area contributed by atoms with Crippen molar-refractivity contribution in [1.29, 1.82) is 0 Å². The van der Waals surface area contributed by atoms with Crippen LogP contribution in [0.2, 0.25) is 0 Å². The Hall–Kier alpha value is 0.270. The monoisotopic (exact) mass is 216 g/mol. The van der Waals surface area contributed by atoms with Gasteiger partial charge in [-0.15, -0.1) is 0 Å². The summed E-state index contributed by atoms with van der Waals surface area (Å²) in [6.07, 6.45) is -2.92. The van der Waals surface area contributed by atoms with Crippen LogP contribution in [-0.2, 0) is 0 Å². The molecule has 0 radical (unpaired) electrons. The van der Waals surface area contributed by atoms with Gasteiger partial charge in [0.1, 0.15) is 0 Å². The van der Waals surface area contributed by atoms with Gasteiger partial charge < -0.3 is 0 Å². The number of alkyl halides is 4. The van der Waals surface area contributed by atoms with Gasteiger partial charge in [-0.25, -0.2) is 0 Å². The average molecular weight is 217 g/mol. The molecule has 0 amide bonds. The van der Waals surface area contributed by atoms with E-state index in [2.05, 4.69) is 15.9 Å². The lowest BCUT2D eigenvalue weighted by Crippen LogP contribution is -2.38. The second-order valence-corrected chi connectivity index (χ2v) is 3.29. The van der Waals surface area contributed by atoms with Crippen molar-refractivity contribution in [3.8, 4) is 0 Å². The molecule has 0 aromatic heterocycles. The van der Waals surface area contributed by atoms with Gasteiger partial charge in [0.25, 0.3) is 0 Å². The van der Waals surface area contributed by atoms with E-state index in [0.29, 0.717) is 11.8 Å². The third-order valence-electron chi connectivity index (χ3n) is 2.04. The molecule has 4 heteroatoms. The highest BCUT2D eigenvalue weighted by Gasteiger charge is 2.48. The Morgan fingerprint density at radius 1 is 1.30 bits per heavy atom. The first kappa shape index (κ1) is 8.37. The van der Waals surface area contributed by atoms with Crippen LogP contribution in [0, 0.1) is 11.8 Å². The number of halogens is 4. The first-order valence-corrected chi connectivity index (χ1v) is 4.30. The first-order chi connectivity index (χ1) is 4.55. The molecule has 0 aromatic rings. The third-order valence-corrected chi connectivity index (χ3v) is 2.87. The lowest BCUT2D eigenvalue weighted by molar-refractivity contribution is -0.209. The Labute approximate surface area is 65.9 Å². The third kappa shape index (κ3) is 1.47. The average Bonchev–Trinajstić information content (AvgIpc) is 1.57. The minimum absolute atomic E-state index is 0.167. The lowest BCUT2D eigenvalue weighted by Gasteiger charge is -2.36. The summed E-state index contributed by atoms with van der Waals surface area (Å²) in [6, 6.07) is 0. The van der Waals surface area contributed by atoms with Crippen molar-refractivity contribution in [2.75, 3.05) is 5.33 Å². The summed E-state index contributed by atoms with van der Waals surface area (Å²) in [5.41, 5.74) is 0. The van der Waals surface area contributed by atoms with Crippen LogP contribution in [0.3, 0.4) is 0 Å². The summed E-state index contributed by atoms with van der Waals surface area (Å²) in [7, 11) is 0. The molecule has 0 heterocycles. The number of hydrogen-bond donors (Lipinski definition) is 0. The minimum atomic E-state index is -3.96. The van der Waals surface area contributed by atoms with Gasteiger partial charge in [0.05, 0.1) is 5.92 Å². The van der Waals surface area contributed by atoms with E-state index in [1.54, 1.807) is 0 Å². The fourth-order valence-electron chi connectivity index (χ4n) is 1.18. The van der Waals surface area contributed by atoms with Gasteiger partial charge in [0.2, 0.25) is 0 Å². The normalized spacial score (nSPS) is 33.6. The Morgan fingerprint density at radius 2 is 1.90 bits per heavy atom. The van der Waals surface area contributed by atoms with Gasteiger partial charge in [0, 0.05) is 5.33 Å². The summed E-state index contributed by atoms with van der Waals surface area (Å²) in [5.74, 6) is -1.20. The quantitative estimate of drug-likeness (QED) is 0.592. The highest BCUT2D eigenvalue weighted by Crippen LogP contribution is 2.46. The maximum Gasteiger partial charge on any atom is 0.392 e. The predicted molar refractivity (Wildman–Crippen MR) is 36.1 cm³/mol. The highest BCUT2D eigenvalue weighted by molar-refractivity contribution is 9.09. The molecule has 0 saturated heterocycles. The molecule has 0 aliphatic heterocycles. The van der Waals surface area contributed by atoms with E-state index in [9.17, 15) is 13.2 Å². The topological polar surface area (TPSA) is 0 Å². The minimum Gasteiger partial charge on any atom is -0.171 e. The van der Waals surface area contributed by atoms with Gasteiger partial charge in [-0.3, -0.25) is 0 Å². The van der Waals surface area contributed by atoms with Gasteiger partial charge in [-0.05, 0) is 18.8 Å². The number of hydrogen-bond acceptors (Lipinski definition) is 0. The summed E-state index contributed by atoms with van der Waals surface area (Å²) < 4.78 is 35.8. The van der Waals surface area contributed by atoms with Crippen LogP contribution in [0.25, 0.3) is 0 Å². The lowest BCUT2D eigenvalue weighted by atomic mass is 9.74. The van der Waals surface area contributed by atoms with E-state index in [1.807, 2.05) is 0 Å². The molecule has 0 aromatic carbocycles. The maximum absolute atomic E-state index is 11.9. The fourth-order valence-corrected chi connectivity index (χ4v) is 1.96. The molecule has 1 fully saturated rings. The van der Waals surface area contributed by atoms with Gasteiger partial charge >= 0.3 is 6.18 Å². The van der Waals surface area contributed by atoms with Crippen molar-refractivity contribution in [2.45, 2.75) is 19.0 Å². The molecule has 1 rings (SSSR count). The van der Waals surface area contributed by atoms with Crippen LogP contribution in [0.15, 0.2) is 0 Å². The van der Waals surface area contributed by atoms with Gasteiger partial charge in [-0.1, -0.05) is 15.9 Å². The van der Waals surface area contributed by atoms with Crippen LogP contribution in [-0.4, -0.2) is 11.5 Å². The molecule has 0 spiro atoms. The predicted octanol–water partition coefficient (Wildman–Crippen LogP) is 2.97. The Morgan fingerprint density at radius 3 is 2.00 bits per heavy atom. The van der Waals surface area contributed by atoms with Crippen molar-refractivity contribution in [1.82, 2.24) is 0 Å². The molecule has 0 N–H and O–H groups in total. The fraction of sp³-hybridized carbons (Fsp3) is 1.00. The Kier molecular flexibility index (Phi) is 2.28. The smallest absolute Gasteiger partial charge is 0.171 e. The summed E-state index contributed by atoms with van der Waals surface area (Å²) >= 11 is 3.06. The summed E-state index contributed by atoms with van der Waals surface area (Å²) in [5, 5.41) is 0.483. The van der Waals surface area contributed by atoms with E-state index in [1.165, 1.54) is 0 Å². The molecule has 0 bridgehead atoms. The molecule has 1 saturated carbocycles. The van der Waals surface area contributed by atoms with Crippen LogP contribution in [0.5, 0.6) is 0 Å². The van der Waals surface area contributed by atoms with E-state index in [-0.39, 0.29) is 5.92 Å². The van der Waals surface area contributed by atoms with Crippen molar-refractivity contribution in [3.05, 3.63) is 0 Å². The van der Waals surface area contributed by atoms with Gasteiger partial charge in [-0.2, -0.15) is 13.2 Å². The molecular formula is C6H8BrF3. The molecule has 2 atom stereocenters. The van der Waals surface area contributed by atoms with Gasteiger partial charge in [0.15, 0.2) is 0 Å². The zero-order valence-corrected chi connectivity index (χ0v) is 6.87. The highest BCUT2D eigenvalue weighted by atomic mass is 79.9. The summed E-state index contributed by atoms with van der Waals surface area (Å²) in [4.78, 5) is 0. The molecule has 2 unspecified atom stereocenters. The van der Waals surface area contributed by atoms with E-state index < -0.39 is 12.1 Å². The second kappa shape index (κ2) is 2.72. The summed E-state index contributed by atoms with van der Waals surface area (Å²) in [6.45, 7) is 0. The standard InChI is InChI=1S/C6H8BrF3/c7-3-4-1-2-5(4)6(8,9)10/h4-5H,1-3H2. The molecular weight excluding hydrogens is 209 g/mol. The molecule has 1 aliphatic rings. The first-order valence-electron chi connectivity index (χ1n) is 3.18. The van der Waals surface area contributed by atoms with Crippen molar-refractivity contribution in [3.63, 3.8) is 0 Å². The zero-order chi connectivity index (χ0) is 7.78. The second-order valence-electron chi connectivity index (χ2n) is 2.64. The number of rotatable bonds is 1. The zero-order valence-electron chi connectivity index (χ0n) is 5.29. The molecule has 0 nitrogen and oxygen atoms in total.